The number of aromatic nitrogens is 3. The first-order chi connectivity index (χ1) is 12.2. The Morgan fingerprint density at radius 2 is 2.16 bits per heavy atom. The van der Waals surface area contributed by atoms with Crippen molar-refractivity contribution in [3.05, 3.63) is 30.6 Å². The maximum atomic E-state index is 7.29. The fraction of sp³-hybridized carbons (Fsp3) is 0.333. The van der Waals surface area contributed by atoms with Crippen LogP contribution in [0.15, 0.2) is 35.7 Å². The first-order valence-corrected chi connectivity index (χ1v) is 8.52. The molecular weight excluding hydrogens is 314 g/mol. The Bertz CT molecular complexity index is 884. The molecule has 0 aliphatic rings. The number of aromatic amines is 1. The van der Waals surface area contributed by atoms with E-state index in [1.807, 2.05) is 37.5 Å². The average molecular weight is 337 g/mol. The van der Waals surface area contributed by atoms with Crippen molar-refractivity contribution >= 4 is 28.4 Å². The molecule has 0 unspecified atom stereocenters. The topological polar surface area (TPSA) is 102 Å². The van der Waals surface area contributed by atoms with Gasteiger partial charge >= 0.3 is 0 Å². The quantitative estimate of drug-likeness (QED) is 0.459. The van der Waals surface area contributed by atoms with Gasteiger partial charge in [0.05, 0.1) is 5.69 Å². The maximum absolute atomic E-state index is 7.29. The summed E-state index contributed by atoms with van der Waals surface area (Å²) in [5, 5.41) is 11.1. The molecule has 7 nitrogen and oxygen atoms in total. The summed E-state index contributed by atoms with van der Waals surface area (Å²) < 4.78 is 0. The molecule has 25 heavy (non-hydrogen) atoms. The molecule has 0 saturated heterocycles. The molecule has 2 heterocycles. The lowest BCUT2D eigenvalue weighted by Crippen LogP contribution is -2.15. The number of hydrogen-bond acceptors (Lipinski definition) is 6. The second kappa shape index (κ2) is 7.29. The zero-order chi connectivity index (χ0) is 17.8. The minimum absolute atomic E-state index is 0.329. The number of fused-ring (bicyclic) bond motifs is 1. The summed E-state index contributed by atoms with van der Waals surface area (Å²) in [7, 11) is 0. The van der Waals surface area contributed by atoms with Crippen molar-refractivity contribution in [2.24, 2.45) is 5.11 Å². The van der Waals surface area contributed by atoms with Gasteiger partial charge in [0.2, 0.25) is 5.95 Å². The number of hydrogen-bond donors (Lipinski definition) is 4. The Balaban J connectivity index is 1.99. The zero-order valence-corrected chi connectivity index (χ0v) is 14.7. The minimum Gasteiger partial charge on any atom is -0.384 e. The number of nitrogens with zero attached hydrogens (tertiary/aromatic N) is 3. The normalized spacial score (nSPS) is 12.1. The highest BCUT2D eigenvalue weighted by molar-refractivity contribution is 5.94. The predicted octanol–water partition coefficient (Wildman–Crippen LogP) is 4.93. The van der Waals surface area contributed by atoms with E-state index in [0.717, 1.165) is 40.8 Å². The van der Waals surface area contributed by atoms with Crippen molar-refractivity contribution in [1.82, 2.24) is 15.0 Å². The molecule has 0 radical (unpaired) electrons. The van der Waals surface area contributed by atoms with Gasteiger partial charge in [-0.1, -0.05) is 13.0 Å². The summed E-state index contributed by atoms with van der Waals surface area (Å²) in [6.07, 6.45) is 4.79. The van der Waals surface area contributed by atoms with Crippen molar-refractivity contribution in [3.63, 3.8) is 0 Å². The molecule has 0 amide bonds. The summed E-state index contributed by atoms with van der Waals surface area (Å²) in [5.74, 6) is 0.631. The second-order valence-electron chi connectivity index (χ2n) is 5.99. The Hall–Kier alpha value is -2.96. The van der Waals surface area contributed by atoms with Crippen LogP contribution in [0.2, 0.25) is 0 Å². The molecular formula is C18H23N7. The van der Waals surface area contributed by atoms with Crippen LogP contribution in [0.3, 0.4) is 0 Å². The molecule has 1 aromatic carbocycles. The molecule has 130 valence electrons. The first kappa shape index (κ1) is 16.9. The van der Waals surface area contributed by atoms with Gasteiger partial charge in [-0.05, 0) is 38.0 Å². The summed E-state index contributed by atoms with van der Waals surface area (Å²) in [4.78, 5) is 12.2. The highest BCUT2D eigenvalue weighted by Crippen LogP contribution is 2.34. The minimum atomic E-state index is 0.329. The molecule has 4 N–H and O–H groups in total. The average Bonchev–Trinajstić information content (AvgIpc) is 3.05. The smallest absolute Gasteiger partial charge is 0.224 e. The number of rotatable bonds is 7. The lowest BCUT2D eigenvalue weighted by molar-refractivity contribution is 0.754. The molecule has 0 spiro atoms. The van der Waals surface area contributed by atoms with Gasteiger partial charge in [-0.3, -0.25) is 0 Å². The van der Waals surface area contributed by atoms with E-state index in [-0.39, 0.29) is 0 Å². The van der Waals surface area contributed by atoms with E-state index in [1.165, 1.54) is 0 Å². The van der Waals surface area contributed by atoms with Crippen molar-refractivity contribution in [3.8, 4) is 11.1 Å². The van der Waals surface area contributed by atoms with Gasteiger partial charge in [-0.25, -0.2) is 10.5 Å². The van der Waals surface area contributed by atoms with Crippen LogP contribution in [-0.4, -0.2) is 27.5 Å². The third-order valence-corrected chi connectivity index (χ3v) is 4.22. The Morgan fingerprint density at radius 1 is 1.32 bits per heavy atom. The molecule has 0 saturated carbocycles. The Morgan fingerprint density at radius 3 is 2.88 bits per heavy atom. The zero-order valence-electron chi connectivity index (χ0n) is 14.7. The van der Waals surface area contributed by atoms with Crippen LogP contribution in [0.25, 0.3) is 22.2 Å². The fourth-order valence-corrected chi connectivity index (χ4v) is 2.67. The molecule has 3 rings (SSSR count). The largest absolute Gasteiger partial charge is 0.384 e. The molecule has 0 aliphatic heterocycles. The number of benzene rings is 1. The van der Waals surface area contributed by atoms with Gasteiger partial charge in [-0.2, -0.15) is 10.1 Å². The fourth-order valence-electron chi connectivity index (χ4n) is 2.67. The second-order valence-corrected chi connectivity index (χ2v) is 5.99. The van der Waals surface area contributed by atoms with Crippen LogP contribution in [0.4, 0.5) is 17.3 Å². The highest BCUT2D eigenvalue weighted by Gasteiger charge is 2.12. The Labute approximate surface area is 146 Å². The molecule has 3 aromatic rings. The van der Waals surface area contributed by atoms with E-state index in [4.69, 9.17) is 5.53 Å². The van der Waals surface area contributed by atoms with E-state index in [0.29, 0.717) is 17.7 Å². The van der Waals surface area contributed by atoms with Crippen molar-refractivity contribution in [1.29, 1.82) is 5.53 Å². The standard InChI is InChI=1S/C18H23N7/c1-4-11(3)23-18-22-10-14-13(9-21-17(14)24-18)12-6-7-15(25-19)16(8-12)20-5-2/h6-11,19-20H,4-5H2,1-3H3,(H2,21,22,23,24)/t11-/m0/s1. The number of anilines is 2. The molecule has 0 fully saturated rings. The summed E-state index contributed by atoms with van der Waals surface area (Å²) in [6, 6.07) is 6.14. The van der Waals surface area contributed by atoms with Gasteiger partial charge in [-0.15, -0.1) is 0 Å². The third-order valence-electron chi connectivity index (χ3n) is 4.22. The third kappa shape index (κ3) is 3.45. The van der Waals surface area contributed by atoms with Gasteiger partial charge in [0.15, 0.2) is 0 Å². The van der Waals surface area contributed by atoms with Crippen LogP contribution in [0.1, 0.15) is 27.2 Å². The van der Waals surface area contributed by atoms with Gasteiger partial charge in [0, 0.05) is 35.9 Å². The molecule has 0 aliphatic carbocycles. The van der Waals surface area contributed by atoms with E-state index >= 15 is 0 Å². The Kier molecular flexibility index (Phi) is 4.92. The van der Waals surface area contributed by atoms with Gasteiger partial charge in [0.1, 0.15) is 11.3 Å². The summed E-state index contributed by atoms with van der Waals surface area (Å²) >= 11 is 0. The van der Waals surface area contributed by atoms with Crippen molar-refractivity contribution in [2.75, 3.05) is 17.2 Å². The van der Waals surface area contributed by atoms with Crippen LogP contribution in [0, 0.1) is 5.53 Å². The molecule has 7 heteroatoms. The maximum Gasteiger partial charge on any atom is 0.224 e. The van der Waals surface area contributed by atoms with E-state index in [2.05, 4.69) is 44.5 Å². The lowest BCUT2D eigenvalue weighted by Gasteiger charge is -2.11. The monoisotopic (exact) mass is 337 g/mol. The van der Waals surface area contributed by atoms with Crippen molar-refractivity contribution < 1.29 is 0 Å². The van der Waals surface area contributed by atoms with Gasteiger partial charge < -0.3 is 15.6 Å². The first-order valence-electron chi connectivity index (χ1n) is 8.52. The SMILES string of the molecule is CCNc1cc(-c2c[nH]c3nc(N[C@@H](C)CC)ncc23)ccc1N=N. The van der Waals surface area contributed by atoms with Crippen LogP contribution in [-0.2, 0) is 0 Å². The van der Waals surface area contributed by atoms with E-state index < -0.39 is 0 Å². The van der Waals surface area contributed by atoms with E-state index in [9.17, 15) is 0 Å². The molecule has 1 atom stereocenters. The van der Waals surface area contributed by atoms with Gasteiger partial charge in [0.25, 0.3) is 0 Å². The lowest BCUT2D eigenvalue weighted by atomic mass is 10.0. The van der Waals surface area contributed by atoms with Crippen LogP contribution < -0.4 is 10.6 Å². The summed E-state index contributed by atoms with van der Waals surface area (Å²) in [6.45, 7) is 7.02. The van der Waals surface area contributed by atoms with Crippen molar-refractivity contribution in [2.45, 2.75) is 33.2 Å². The summed E-state index contributed by atoms with van der Waals surface area (Å²) in [5.41, 5.74) is 11.6. The van der Waals surface area contributed by atoms with Crippen LogP contribution in [0.5, 0.6) is 0 Å². The van der Waals surface area contributed by atoms with Crippen LogP contribution >= 0.6 is 0 Å². The van der Waals surface area contributed by atoms with E-state index in [1.54, 1.807) is 0 Å². The highest BCUT2D eigenvalue weighted by atomic mass is 15.1. The number of nitrogens with one attached hydrogen (secondary N) is 4. The number of H-pyrrole nitrogens is 1. The molecule has 2 aromatic heterocycles. The molecule has 0 bridgehead atoms. The predicted molar refractivity (Wildman–Crippen MR) is 102 cm³/mol.